The van der Waals surface area contributed by atoms with E-state index in [1.165, 1.54) is 30.4 Å². The molecule has 0 aliphatic heterocycles. The predicted molar refractivity (Wildman–Crippen MR) is 61.5 cm³/mol. The van der Waals surface area contributed by atoms with Crippen molar-refractivity contribution < 1.29 is 5.11 Å². The standard InChI is InChI=1S/C12H15BrO/c13-11-5-4-9-2-1-3-10(6-7-14)12(9)8-11/h4-5,8,10,14H,1-3,6-7H2. The van der Waals surface area contributed by atoms with E-state index in [0.29, 0.717) is 12.5 Å². The first-order valence-corrected chi connectivity index (χ1v) is 5.99. The van der Waals surface area contributed by atoms with Gasteiger partial charge in [0.2, 0.25) is 0 Å². The summed E-state index contributed by atoms with van der Waals surface area (Å²) in [7, 11) is 0. The topological polar surface area (TPSA) is 20.2 Å². The maximum atomic E-state index is 9.00. The molecule has 0 heterocycles. The minimum absolute atomic E-state index is 0.302. The second kappa shape index (κ2) is 4.45. The number of halogens is 1. The number of hydrogen-bond acceptors (Lipinski definition) is 1. The lowest BCUT2D eigenvalue weighted by Gasteiger charge is -2.25. The van der Waals surface area contributed by atoms with Crippen LogP contribution in [0, 0.1) is 0 Å². The number of benzene rings is 1. The molecule has 0 spiro atoms. The summed E-state index contributed by atoms with van der Waals surface area (Å²) < 4.78 is 1.15. The highest BCUT2D eigenvalue weighted by Gasteiger charge is 2.19. The smallest absolute Gasteiger partial charge is 0.0436 e. The summed E-state index contributed by atoms with van der Waals surface area (Å²) in [6.45, 7) is 0.302. The van der Waals surface area contributed by atoms with Crippen molar-refractivity contribution in [3.05, 3.63) is 33.8 Å². The third-order valence-corrected chi connectivity index (χ3v) is 3.52. The first kappa shape index (κ1) is 10.2. The second-order valence-electron chi connectivity index (χ2n) is 3.94. The van der Waals surface area contributed by atoms with Crippen LogP contribution in [0.15, 0.2) is 22.7 Å². The fourth-order valence-electron chi connectivity index (χ4n) is 2.32. The maximum Gasteiger partial charge on any atom is 0.0436 e. The second-order valence-corrected chi connectivity index (χ2v) is 4.86. The Kier molecular flexibility index (Phi) is 3.24. The Balaban J connectivity index is 2.32. The fraction of sp³-hybridized carbons (Fsp3) is 0.500. The van der Waals surface area contributed by atoms with Crippen molar-refractivity contribution in [2.24, 2.45) is 0 Å². The van der Waals surface area contributed by atoms with Gasteiger partial charge in [0.05, 0.1) is 0 Å². The molecule has 0 amide bonds. The van der Waals surface area contributed by atoms with Gasteiger partial charge in [-0.1, -0.05) is 22.0 Å². The van der Waals surface area contributed by atoms with E-state index in [-0.39, 0.29) is 0 Å². The average molecular weight is 255 g/mol. The van der Waals surface area contributed by atoms with Crippen LogP contribution in [-0.4, -0.2) is 11.7 Å². The van der Waals surface area contributed by atoms with Gasteiger partial charge in [-0.25, -0.2) is 0 Å². The maximum absolute atomic E-state index is 9.00. The number of aryl methyl sites for hydroxylation is 1. The lowest BCUT2D eigenvalue weighted by atomic mass is 9.81. The van der Waals surface area contributed by atoms with Crippen molar-refractivity contribution in [3.8, 4) is 0 Å². The number of fused-ring (bicyclic) bond motifs is 1. The molecule has 0 radical (unpaired) electrons. The zero-order valence-corrected chi connectivity index (χ0v) is 9.76. The molecule has 1 unspecified atom stereocenters. The van der Waals surface area contributed by atoms with E-state index in [9.17, 15) is 0 Å². The molecule has 0 fully saturated rings. The molecule has 2 rings (SSSR count). The van der Waals surface area contributed by atoms with Crippen molar-refractivity contribution in [1.29, 1.82) is 0 Å². The third-order valence-electron chi connectivity index (χ3n) is 3.02. The summed E-state index contributed by atoms with van der Waals surface area (Å²) >= 11 is 3.51. The van der Waals surface area contributed by atoms with Crippen LogP contribution in [0.25, 0.3) is 0 Å². The minimum atomic E-state index is 0.302. The van der Waals surface area contributed by atoms with Gasteiger partial charge >= 0.3 is 0 Å². The van der Waals surface area contributed by atoms with Gasteiger partial charge in [-0.15, -0.1) is 0 Å². The molecule has 76 valence electrons. The van der Waals surface area contributed by atoms with E-state index in [1.807, 2.05) is 0 Å². The van der Waals surface area contributed by atoms with Crippen molar-refractivity contribution >= 4 is 15.9 Å². The van der Waals surface area contributed by atoms with Gasteiger partial charge in [0.1, 0.15) is 0 Å². The molecule has 1 N–H and O–H groups in total. The van der Waals surface area contributed by atoms with Crippen LogP contribution in [0.5, 0.6) is 0 Å². The normalized spacial score (nSPS) is 20.6. The SMILES string of the molecule is OCCC1CCCc2ccc(Br)cc21. The van der Waals surface area contributed by atoms with Crippen molar-refractivity contribution in [3.63, 3.8) is 0 Å². The Morgan fingerprint density at radius 3 is 3.07 bits per heavy atom. The summed E-state index contributed by atoms with van der Waals surface area (Å²) in [4.78, 5) is 0. The van der Waals surface area contributed by atoms with Crippen LogP contribution >= 0.6 is 15.9 Å². The molecule has 0 saturated heterocycles. The van der Waals surface area contributed by atoms with Crippen molar-refractivity contribution in [2.75, 3.05) is 6.61 Å². The molecule has 2 heteroatoms. The summed E-state index contributed by atoms with van der Waals surface area (Å²) in [6, 6.07) is 6.54. The van der Waals surface area contributed by atoms with Gasteiger partial charge in [-0.3, -0.25) is 0 Å². The lowest BCUT2D eigenvalue weighted by molar-refractivity contribution is 0.269. The highest BCUT2D eigenvalue weighted by Crippen LogP contribution is 2.35. The van der Waals surface area contributed by atoms with Gasteiger partial charge < -0.3 is 5.11 Å². The van der Waals surface area contributed by atoms with E-state index >= 15 is 0 Å². The Labute approximate surface area is 93.3 Å². The molecule has 1 aromatic rings. The molecule has 1 aliphatic carbocycles. The van der Waals surface area contributed by atoms with Crippen LogP contribution < -0.4 is 0 Å². The summed E-state index contributed by atoms with van der Waals surface area (Å²) in [5, 5.41) is 9.00. The Bertz CT molecular complexity index is 322. The average Bonchev–Trinajstić information content (AvgIpc) is 2.19. The van der Waals surface area contributed by atoms with Gasteiger partial charge in [0.15, 0.2) is 0 Å². The molecule has 1 aliphatic rings. The van der Waals surface area contributed by atoms with E-state index < -0.39 is 0 Å². The molecule has 1 aromatic carbocycles. The molecule has 0 bridgehead atoms. The molecule has 14 heavy (non-hydrogen) atoms. The monoisotopic (exact) mass is 254 g/mol. The zero-order chi connectivity index (χ0) is 9.97. The number of hydrogen-bond donors (Lipinski definition) is 1. The Morgan fingerprint density at radius 2 is 2.29 bits per heavy atom. The molecular formula is C12H15BrO. The quantitative estimate of drug-likeness (QED) is 0.860. The molecule has 1 nitrogen and oxygen atoms in total. The summed E-state index contributed by atoms with van der Waals surface area (Å²) in [6.07, 6.45) is 4.59. The van der Waals surface area contributed by atoms with Gasteiger partial charge in [-0.2, -0.15) is 0 Å². The van der Waals surface area contributed by atoms with E-state index in [1.54, 1.807) is 0 Å². The Hall–Kier alpha value is -0.340. The molecule has 0 aromatic heterocycles. The third kappa shape index (κ3) is 2.01. The van der Waals surface area contributed by atoms with Crippen LogP contribution in [-0.2, 0) is 6.42 Å². The molecule has 0 saturated carbocycles. The number of aliphatic hydroxyl groups is 1. The van der Waals surface area contributed by atoms with Crippen LogP contribution in [0.3, 0.4) is 0 Å². The zero-order valence-electron chi connectivity index (χ0n) is 8.17. The van der Waals surface area contributed by atoms with Crippen molar-refractivity contribution in [2.45, 2.75) is 31.6 Å². The van der Waals surface area contributed by atoms with Gasteiger partial charge in [0.25, 0.3) is 0 Å². The van der Waals surface area contributed by atoms with Gasteiger partial charge in [0, 0.05) is 11.1 Å². The van der Waals surface area contributed by atoms with Crippen LogP contribution in [0.4, 0.5) is 0 Å². The predicted octanol–water partition coefficient (Wildman–Crippen LogP) is 3.25. The lowest BCUT2D eigenvalue weighted by Crippen LogP contribution is -2.11. The highest BCUT2D eigenvalue weighted by molar-refractivity contribution is 9.10. The van der Waals surface area contributed by atoms with E-state index in [2.05, 4.69) is 34.1 Å². The van der Waals surface area contributed by atoms with Crippen molar-refractivity contribution in [1.82, 2.24) is 0 Å². The number of rotatable bonds is 2. The highest BCUT2D eigenvalue weighted by atomic mass is 79.9. The fourth-order valence-corrected chi connectivity index (χ4v) is 2.70. The summed E-state index contributed by atoms with van der Waals surface area (Å²) in [5.74, 6) is 0.571. The number of aliphatic hydroxyl groups excluding tert-OH is 1. The minimum Gasteiger partial charge on any atom is -0.396 e. The molecule has 1 atom stereocenters. The van der Waals surface area contributed by atoms with Gasteiger partial charge in [-0.05, 0) is 54.9 Å². The summed E-state index contributed by atoms with van der Waals surface area (Å²) in [5.41, 5.74) is 2.91. The van der Waals surface area contributed by atoms with Crippen LogP contribution in [0.1, 0.15) is 36.3 Å². The van der Waals surface area contributed by atoms with E-state index in [0.717, 1.165) is 10.9 Å². The first-order valence-electron chi connectivity index (χ1n) is 5.20. The van der Waals surface area contributed by atoms with E-state index in [4.69, 9.17) is 5.11 Å². The first-order chi connectivity index (χ1) is 6.81. The largest absolute Gasteiger partial charge is 0.396 e. The Morgan fingerprint density at radius 1 is 1.43 bits per heavy atom. The van der Waals surface area contributed by atoms with Crippen LogP contribution in [0.2, 0.25) is 0 Å². The molecular weight excluding hydrogens is 240 g/mol.